The number of nitrogens with two attached hydrogens (primary N) is 1. The quantitative estimate of drug-likeness (QED) is 0.788. The first-order valence-corrected chi connectivity index (χ1v) is 5.66. The first-order valence-electron chi connectivity index (χ1n) is 5.66. The van der Waals surface area contributed by atoms with Crippen molar-refractivity contribution in [1.82, 2.24) is 9.78 Å². The zero-order valence-electron chi connectivity index (χ0n) is 10.2. The molecule has 0 bridgehead atoms. The Morgan fingerprint density at radius 3 is 2.56 bits per heavy atom. The molecule has 1 atom stereocenters. The van der Waals surface area contributed by atoms with Crippen LogP contribution in [0, 0.1) is 0 Å². The van der Waals surface area contributed by atoms with Gasteiger partial charge in [0.05, 0.1) is 18.4 Å². The Bertz CT molecular complexity index is 382. The second kappa shape index (κ2) is 5.65. The second-order valence-electron chi connectivity index (χ2n) is 3.88. The highest BCUT2D eigenvalue weighted by molar-refractivity contribution is 5.42. The molecule has 0 aromatic carbocycles. The molecule has 5 nitrogen and oxygen atoms in total. The molecule has 1 aromatic heterocycles. The molecule has 1 aromatic rings. The minimum Gasteiger partial charge on any atom is -0.371 e. The summed E-state index contributed by atoms with van der Waals surface area (Å²) in [5.74, 6) is 0. The predicted molar refractivity (Wildman–Crippen MR) is 65.7 cm³/mol. The molecule has 16 heavy (non-hydrogen) atoms. The van der Waals surface area contributed by atoms with E-state index in [0.717, 1.165) is 18.8 Å². The van der Waals surface area contributed by atoms with Gasteiger partial charge in [0.2, 0.25) is 0 Å². The summed E-state index contributed by atoms with van der Waals surface area (Å²) >= 11 is 0. The average molecular weight is 224 g/mol. The third-order valence-electron chi connectivity index (χ3n) is 2.44. The number of rotatable bonds is 5. The Morgan fingerprint density at radius 1 is 1.50 bits per heavy atom. The van der Waals surface area contributed by atoms with Gasteiger partial charge in [0.1, 0.15) is 0 Å². The van der Waals surface area contributed by atoms with Crippen molar-refractivity contribution in [2.75, 3.05) is 18.0 Å². The molecule has 0 radical (unpaired) electrons. The molecule has 1 unspecified atom stereocenters. The van der Waals surface area contributed by atoms with Crippen LogP contribution in [-0.2, 0) is 6.54 Å². The molecule has 5 heteroatoms. The molecule has 0 spiro atoms. The minimum absolute atomic E-state index is 0.0653. The van der Waals surface area contributed by atoms with E-state index in [9.17, 15) is 4.79 Å². The van der Waals surface area contributed by atoms with Gasteiger partial charge in [-0.15, -0.1) is 0 Å². The molecule has 1 heterocycles. The molecule has 0 aliphatic carbocycles. The van der Waals surface area contributed by atoms with Crippen LogP contribution in [0.2, 0.25) is 0 Å². The molecule has 0 saturated heterocycles. The van der Waals surface area contributed by atoms with Crippen molar-refractivity contribution in [2.24, 2.45) is 5.73 Å². The normalized spacial score (nSPS) is 12.5. The van der Waals surface area contributed by atoms with Gasteiger partial charge < -0.3 is 10.6 Å². The summed E-state index contributed by atoms with van der Waals surface area (Å²) in [6.07, 6.45) is 1.72. The standard InChI is InChI=1S/C11H20N4O/c1-4-14(5-2)10-6-11(16)15(13-7-10)8-9(3)12/h6-7,9H,4-5,8,12H2,1-3H3. The summed E-state index contributed by atoms with van der Waals surface area (Å²) in [5.41, 5.74) is 6.41. The Balaban J connectivity index is 2.94. The maximum Gasteiger partial charge on any atom is 0.268 e. The highest BCUT2D eigenvalue weighted by Crippen LogP contribution is 2.07. The summed E-state index contributed by atoms with van der Waals surface area (Å²) in [6.45, 7) is 8.15. The smallest absolute Gasteiger partial charge is 0.268 e. The maximum absolute atomic E-state index is 11.7. The molecule has 0 saturated carbocycles. The van der Waals surface area contributed by atoms with Crippen molar-refractivity contribution >= 4 is 5.69 Å². The first-order chi connectivity index (χ1) is 7.58. The van der Waals surface area contributed by atoms with E-state index in [0.29, 0.717) is 6.54 Å². The summed E-state index contributed by atoms with van der Waals surface area (Å²) < 4.78 is 1.40. The average Bonchev–Trinajstić information content (AvgIpc) is 2.23. The summed E-state index contributed by atoms with van der Waals surface area (Å²) in [4.78, 5) is 13.8. The van der Waals surface area contributed by atoms with E-state index in [4.69, 9.17) is 5.73 Å². The van der Waals surface area contributed by atoms with Gasteiger partial charge in [-0.2, -0.15) is 5.10 Å². The van der Waals surface area contributed by atoms with Crippen LogP contribution in [0.5, 0.6) is 0 Å². The lowest BCUT2D eigenvalue weighted by molar-refractivity contribution is 0.513. The monoisotopic (exact) mass is 224 g/mol. The number of nitrogens with zero attached hydrogens (tertiary/aromatic N) is 3. The van der Waals surface area contributed by atoms with E-state index < -0.39 is 0 Å². The van der Waals surface area contributed by atoms with Gasteiger partial charge in [-0.3, -0.25) is 4.79 Å². The minimum atomic E-state index is -0.0956. The Labute approximate surface area is 95.9 Å². The lowest BCUT2D eigenvalue weighted by atomic mass is 10.3. The molecule has 0 fully saturated rings. The fourth-order valence-electron chi connectivity index (χ4n) is 1.60. The molecular formula is C11H20N4O. The molecular weight excluding hydrogens is 204 g/mol. The zero-order valence-corrected chi connectivity index (χ0v) is 10.2. The highest BCUT2D eigenvalue weighted by atomic mass is 16.1. The van der Waals surface area contributed by atoms with Gasteiger partial charge in [0.25, 0.3) is 5.56 Å². The van der Waals surface area contributed by atoms with E-state index in [1.807, 2.05) is 6.92 Å². The summed E-state index contributed by atoms with van der Waals surface area (Å²) in [7, 11) is 0. The lowest BCUT2D eigenvalue weighted by Gasteiger charge is -2.20. The van der Waals surface area contributed by atoms with E-state index in [1.54, 1.807) is 12.3 Å². The summed E-state index contributed by atoms with van der Waals surface area (Å²) in [6, 6.07) is 1.55. The number of hydrogen-bond donors (Lipinski definition) is 1. The van der Waals surface area contributed by atoms with Crippen molar-refractivity contribution in [3.8, 4) is 0 Å². The van der Waals surface area contributed by atoms with Crippen LogP contribution in [0.4, 0.5) is 5.69 Å². The van der Waals surface area contributed by atoms with Crippen molar-refractivity contribution in [1.29, 1.82) is 0 Å². The zero-order chi connectivity index (χ0) is 12.1. The number of hydrogen-bond acceptors (Lipinski definition) is 4. The molecule has 0 amide bonds. The van der Waals surface area contributed by atoms with Crippen molar-refractivity contribution in [3.63, 3.8) is 0 Å². The molecule has 2 N–H and O–H groups in total. The highest BCUT2D eigenvalue weighted by Gasteiger charge is 2.06. The fraction of sp³-hybridized carbons (Fsp3) is 0.636. The van der Waals surface area contributed by atoms with Gasteiger partial charge in [-0.05, 0) is 20.8 Å². The van der Waals surface area contributed by atoms with Crippen LogP contribution >= 0.6 is 0 Å². The Hall–Kier alpha value is -1.36. The molecule has 90 valence electrons. The third kappa shape index (κ3) is 3.06. The van der Waals surface area contributed by atoms with Crippen LogP contribution in [-0.4, -0.2) is 28.9 Å². The van der Waals surface area contributed by atoms with Crippen LogP contribution in [0.3, 0.4) is 0 Å². The van der Waals surface area contributed by atoms with E-state index in [-0.39, 0.29) is 11.6 Å². The Morgan fingerprint density at radius 2 is 2.12 bits per heavy atom. The van der Waals surface area contributed by atoms with Crippen LogP contribution < -0.4 is 16.2 Å². The number of anilines is 1. The van der Waals surface area contributed by atoms with Crippen LogP contribution in [0.15, 0.2) is 17.1 Å². The van der Waals surface area contributed by atoms with E-state index in [1.165, 1.54) is 4.68 Å². The second-order valence-corrected chi connectivity index (χ2v) is 3.88. The maximum atomic E-state index is 11.7. The van der Waals surface area contributed by atoms with Gasteiger partial charge in [0.15, 0.2) is 0 Å². The molecule has 0 aliphatic heterocycles. The van der Waals surface area contributed by atoms with Crippen molar-refractivity contribution in [2.45, 2.75) is 33.4 Å². The van der Waals surface area contributed by atoms with Crippen molar-refractivity contribution in [3.05, 3.63) is 22.6 Å². The lowest BCUT2D eigenvalue weighted by Crippen LogP contribution is -2.32. The fourth-order valence-corrected chi connectivity index (χ4v) is 1.60. The Kier molecular flexibility index (Phi) is 4.49. The van der Waals surface area contributed by atoms with Gasteiger partial charge in [0, 0.05) is 25.2 Å². The van der Waals surface area contributed by atoms with E-state index in [2.05, 4.69) is 23.8 Å². The van der Waals surface area contributed by atoms with E-state index >= 15 is 0 Å². The van der Waals surface area contributed by atoms with Crippen LogP contribution in [0.25, 0.3) is 0 Å². The predicted octanol–water partition coefficient (Wildman–Crippen LogP) is 0.437. The van der Waals surface area contributed by atoms with Crippen molar-refractivity contribution < 1.29 is 0 Å². The first kappa shape index (κ1) is 12.7. The van der Waals surface area contributed by atoms with Gasteiger partial charge in [-0.1, -0.05) is 0 Å². The summed E-state index contributed by atoms with van der Waals surface area (Å²) in [5, 5.41) is 4.12. The van der Waals surface area contributed by atoms with Crippen LogP contribution in [0.1, 0.15) is 20.8 Å². The third-order valence-corrected chi connectivity index (χ3v) is 2.44. The SMILES string of the molecule is CCN(CC)c1cnn(CC(C)N)c(=O)c1. The molecule has 0 aliphatic rings. The topological polar surface area (TPSA) is 64.2 Å². The number of aromatic nitrogens is 2. The largest absolute Gasteiger partial charge is 0.371 e. The molecule has 1 rings (SSSR count). The van der Waals surface area contributed by atoms with Gasteiger partial charge >= 0.3 is 0 Å². The van der Waals surface area contributed by atoms with Gasteiger partial charge in [-0.25, -0.2) is 4.68 Å².